The third-order valence-corrected chi connectivity index (χ3v) is 6.79. The second kappa shape index (κ2) is 8.13. The molecule has 1 heterocycles. The average molecular weight is 436 g/mol. The van der Waals surface area contributed by atoms with Gasteiger partial charge in [0.2, 0.25) is 0 Å². The van der Waals surface area contributed by atoms with E-state index in [2.05, 4.69) is 16.4 Å². The van der Waals surface area contributed by atoms with E-state index in [9.17, 15) is 9.90 Å². The van der Waals surface area contributed by atoms with Crippen molar-refractivity contribution in [2.75, 3.05) is 5.32 Å². The molecule has 2 saturated carbocycles. The maximum atomic E-state index is 13.1. The molecule has 6 heteroatoms. The zero-order valence-corrected chi connectivity index (χ0v) is 18.0. The Morgan fingerprint density at radius 3 is 2.45 bits per heavy atom. The number of Topliss-reactive ketones (excluding diaryl/α,β-unsaturated/α-hetero) is 1. The van der Waals surface area contributed by atoms with Crippen LogP contribution in [0.15, 0.2) is 42.6 Å². The molecule has 160 valence electrons. The second-order valence-corrected chi connectivity index (χ2v) is 9.25. The number of hydrogen-bond donors (Lipinski definition) is 3. The Morgan fingerprint density at radius 1 is 1.03 bits per heavy atom. The first-order chi connectivity index (χ1) is 15.0. The zero-order chi connectivity index (χ0) is 21.5. The fraction of sp³-hybridized carbons (Fsp3) is 0.360. The highest BCUT2D eigenvalue weighted by Crippen LogP contribution is 2.39. The summed E-state index contributed by atoms with van der Waals surface area (Å²) in [5.74, 6) is 0.365. The van der Waals surface area contributed by atoms with Crippen LogP contribution >= 0.6 is 11.6 Å². The van der Waals surface area contributed by atoms with Crippen LogP contribution in [0.1, 0.15) is 48.9 Å². The lowest BCUT2D eigenvalue weighted by atomic mass is 9.91. The Kier molecular flexibility index (Phi) is 5.32. The molecule has 2 aliphatic rings. The van der Waals surface area contributed by atoms with Crippen LogP contribution in [-0.2, 0) is 0 Å². The lowest BCUT2D eigenvalue weighted by Gasteiger charge is -2.29. The molecule has 0 atom stereocenters. The number of rotatable bonds is 5. The van der Waals surface area contributed by atoms with Gasteiger partial charge in [-0.05, 0) is 73.9 Å². The van der Waals surface area contributed by atoms with Crippen molar-refractivity contribution in [1.29, 1.82) is 0 Å². The molecular weight excluding hydrogens is 410 g/mol. The van der Waals surface area contributed by atoms with E-state index in [1.54, 1.807) is 18.3 Å². The minimum Gasteiger partial charge on any atom is -0.506 e. The molecular formula is C25H26ClN3O2. The van der Waals surface area contributed by atoms with E-state index in [-0.39, 0.29) is 23.5 Å². The van der Waals surface area contributed by atoms with Crippen LogP contribution in [0.2, 0.25) is 5.02 Å². The van der Waals surface area contributed by atoms with Crippen LogP contribution in [-0.4, -0.2) is 28.0 Å². The SMILES string of the molecule is NC1CCC(Nc2c(C(=O)C3CC3)cnc3ccc(-c4ccc(O)c(Cl)c4)cc23)CC1. The molecule has 0 unspecified atom stereocenters. The van der Waals surface area contributed by atoms with Crippen molar-refractivity contribution >= 4 is 34.0 Å². The van der Waals surface area contributed by atoms with Gasteiger partial charge in [0.15, 0.2) is 5.78 Å². The fourth-order valence-corrected chi connectivity index (χ4v) is 4.61. The summed E-state index contributed by atoms with van der Waals surface area (Å²) in [5.41, 5.74) is 10.4. The number of pyridine rings is 1. The van der Waals surface area contributed by atoms with Crippen LogP contribution in [0.25, 0.3) is 22.0 Å². The van der Waals surface area contributed by atoms with Crippen molar-refractivity contribution in [2.24, 2.45) is 11.7 Å². The molecule has 0 spiro atoms. The Balaban J connectivity index is 1.60. The van der Waals surface area contributed by atoms with Crippen molar-refractivity contribution < 1.29 is 9.90 Å². The number of nitrogens with one attached hydrogen (secondary N) is 1. The van der Waals surface area contributed by atoms with E-state index in [1.165, 1.54) is 0 Å². The first kappa shape index (κ1) is 20.3. The van der Waals surface area contributed by atoms with Gasteiger partial charge in [0, 0.05) is 29.6 Å². The smallest absolute Gasteiger partial charge is 0.169 e. The first-order valence-electron chi connectivity index (χ1n) is 11.0. The highest BCUT2D eigenvalue weighted by Gasteiger charge is 2.33. The summed E-state index contributed by atoms with van der Waals surface area (Å²) in [6.07, 6.45) is 7.62. The van der Waals surface area contributed by atoms with Gasteiger partial charge in [0.1, 0.15) is 5.75 Å². The van der Waals surface area contributed by atoms with Gasteiger partial charge in [-0.1, -0.05) is 23.7 Å². The number of carbonyl (C=O) groups is 1. The standard InChI is InChI=1S/C25H26ClN3O2/c26-21-12-16(4-10-23(21)30)15-3-9-22-19(11-15)24(29-18-7-5-17(27)6-8-18)20(13-28-22)25(31)14-1-2-14/h3-4,9-14,17-18,30H,1-2,5-8,27H2,(H,28,29). The van der Waals surface area contributed by atoms with E-state index in [0.717, 1.165) is 66.2 Å². The summed E-state index contributed by atoms with van der Waals surface area (Å²) in [6.45, 7) is 0. The van der Waals surface area contributed by atoms with Gasteiger partial charge in [-0.25, -0.2) is 0 Å². The molecule has 5 nitrogen and oxygen atoms in total. The van der Waals surface area contributed by atoms with Gasteiger partial charge >= 0.3 is 0 Å². The fourth-order valence-electron chi connectivity index (χ4n) is 4.43. The molecule has 1 aromatic heterocycles. The van der Waals surface area contributed by atoms with Crippen LogP contribution in [0.3, 0.4) is 0 Å². The van der Waals surface area contributed by atoms with E-state index in [0.29, 0.717) is 16.6 Å². The van der Waals surface area contributed by atoms with Crippen molar-refractivity contribution in [2.45, 2.75) is 50.6 Å². The summed E-state index contributed by atoms with van der Waals surface area (Å²) >= 11 is 6.13. The molecule has 31 heavy (non-hydrogen) atoms. The molecule has 0 aliphatic heterocycles. The summed E-state index contributed by atoms with van der Waals surface area (Å²) in [7, 11) is 0. The van der Waals surface area contributed by atoms with Gasteiger partial charge in [-0.2, -0.15) is 0 Å². The number of benzene rings is 2. The van der Waals surface area contributed by atoms with Crippen LogP contribution in [0.5, 0.6) is 5.75 Å². The normalized spacial score (nSPS) is 21.2. The molecule has 4 N–H and O–H groups in total. The van der Waals surface area contributed by atoms with Crippen molar-refractivity contribution in [1.82, 2.24) is 4.98 Å². The molecule has 0 amide bonds. The lowest BCUT2D eigenvalue weighted by Crippen LogP contribution is -2.33. The van der Waals surface area contributed by atoms with Crippen LogP contribution in [0.4, 0.5) is 5.69 Å². The highest BCUT2D eigenvalue weighted by atomic mass is 35.5. The Morgan fingerprint density at radius 2 is 1.74 bits per heavy atom. The summed E-state index contributed by atoms with van der Waals surface area (Å²) in [4.78, 5) is 17.7. The minimum atomic E-state index is 0.0584. The quantitative estimate of drug-likeness (QED) is 0.458. The average Bonchev–Trinajstić information content (AvgIpc) is 3.62. The summed E-state index contributed by atoms with van der Waals surface area (Å²) in [5, 5.41) is 14.7. The van der Waals surface area contributed by atoms with E-state index >= 15 is 0 Å². The number of carbonyl (C=O) groups excluding carboxylic acids is 1. The Bertz CT molecular complexity index is 1150. The van der Waals surface area contributed by atoms with E-state index in [4.69, 9.17) is 17.3 Å². The molecule has 2 aromatic carbocycles. The minimum absolute atomic E-state index is 0.0584. The molecule has 5 rings (SSSR count). The number of phenols is 1. The Labute approximate surface area is 186 Å². The number of fused-ring (bicyclic) bond motifs is 1. The summed E-state index contributed by atoms with van der Waals surface area (Å²) in [6, 6.07) is 11.8. The predicted octanol–water partition coefficient (Wildman–Crippen LogP) is 5.54. The third kappa shape index (κ3) is 4.12. The number of anilines is 1. The first-order valence-corrected chi connectivity index (χ1v) is 11.4. The Hall–Kier alpha value is -2.63. The largest absolute Gasteiger partial charge is 0.506 e. The number of halogens is 1. The van der Waals surface area contributed by atoms with Crippen molar-refractivity contribution in [3.05, 3.63) is 53.2 Å². The van der Waals surface area contributed by atoms with Gasteiger partial charge in [0.05, 0.1) is 21.8 Å². The predicted molar refractivity (Wildman–Crippen MR) is 125 cm³/mol. The van der Waals surface area contributed by atoms with Crippen LogP contribution in [0, 0.1) is 5.92 Å². The number of hydrogen-bond acceptors (Lipinski definition) is 5. The third-order valence-electron chi connectivity index (χ3n) is 6.48. The molecule has 0 saturated heterocycles. The van der Waals surface area contributed by atoms with Crippen LogP contribution < -0.4 is 11.1 Å². The molecule has 0 radical (unpaired) electrons. The highest BCUT2D eigenvalue weighted by molar-refractivity contribution is 6.32. The number of nitrogens with two attached hydrogens (primary N) is 1. The molecule has 2 aliphatic carbocycles. The van der Waals surface area contributed by atoms with Gasteiger partial charge < -0.3 is 16.2 Å². The molecule has 2 fully saturated rings. The second-order valence-electron chi connectivity index (χ2n) is 8.84. The van der Waals surface area contributed by atoms with Crippen molar-refractivity contribution in [3.8, 4) is 16.9 Å². The van der Waals surface area contributed by atoms with Gasteiger partial charge in [0.25, 0.3) is 0 Å². The van der Waals surface area contributed by atoms with Gasteiger partial charge in [-0.3, -0.25) is 9.78 Å². The number of aromatic hydroxyl groups is 1. The lowest BCUT2D eigenvalue weighted by molar-refractivity contribution is 0.0968. The topological polar surface area (TPSA) is 88.2 Å². The summed E-state index contributed by atoms with van der Waals surface area (Å²) < 4.78 is 0. The zero-order valence-electron chi connectivity index (χ0n) is 17.3. The maximum Gasteiger partial charge on any atom is 0.169 e. The van der Waals surface area contributed by atoms with Crippen molar-refractivity contribution in [3.63, 3.8) is 0 Å². The number of phenolic OH excluding ortho intramolecular Hbond substituents is 1. The number of aromatic nitrogens is 1. The van der Waals surface area contributed by atoms with E-state index < -0.39 is 0 Å². The maximum absolute atomic E-state index is 13.1. The molecule has 0 bridgehead atoms. The van der Waals surface area contributed by atoms with Gasteiger partial charge in [-0.15, -0.1) is 0 Å². The number of ketones is 1. The monoisotopic (exact) mass is 435 g/mol. The number of nitrogens with zero attached hydrogens (tertiary/aromatic N) is 1. The molecule has 3 aromatic rings. The van der Waals surface area contributed by atoms with E-state index in [1.807, 2.05) is 18.2 Å².